The van der Waals surface area contributed by atoms with Crippen LogP contribution in [0.4, 0.5) is 0 Å². The van der Waals surface area contributed by atoms with Crippen molar-refractivity contribution in [1.82, 2.24) is 4.98 Å². The Balaban J connectivity index is 1.80. The number of pyridine rings is 1. The molecule has 0 amide bonds. The van der Waals surface area contributed by atoms with Crippen LogP contribution in [0.15, 0.2) is 75.4 Å². The Hall–Kier alpha value is -4.28. The van der Waals surface area contributed by atoms with Gasteiger partial charge in [-0.15, -0.1) is 0 Å². The molecule has 0 saturated carbocycles. The van der Waals surface area contributed by atoms with Crippen molar-refractivity contribution in [2.45, 2.75) is 12.8 Å². The average molecular weight is 472 g/mol. The van der Waals surface area contributed by atoms with Gasteiger partial charge in [-0.3, -0.25) is 4.98 Å². The number of nitriles is 1. The molecule has 2 aromatic carbocycles. The minimum Gasteiger partial charge on any atom is -0.496 e. The SMILES string of the molecule is COc1ccc(C2C(C#N)=C(N)Oc3c2c(=O)oc2ccccc32)cc1-c1cnc(C)cc1Cl. The van der Waals surface area contributed by atoms with Crippen LogP contribution in [0.2, 0.25) is 5.02 Å². The van der Waals surface area contributed by atoms with E-state index in [-0.39, 0.29) is 22.8 Å². The Morgan fingerprint density at radius 1 is 1.18 bits per heavy atom. The van der Waals surface area contributed by atoms with Crippen LogP contribution in [-0.4, -0.2) is 12.1 Å². The first-order valence-electron chi connectivity index (χ1n) is 10.4. The van der Waals surface area contributed by atoms with Crippen molar-refractivity contribution >= 4 is 22.6 Å². The number of aromatic nitrogens is 1. The molecule has 0 spiro atoms. The molecular formula is C26H18ClN3O4. The van der Waals surface area contributed by atoms with Gasteiger partial charge in [0.1, 0.15) is 23.0 Å². The fraction of sp³-hybridized carbons (Fsp3) is 0.115. The van der Waals surface area contributed by atoms with Gasteiger partial charge in [0.15, 0.2) is 5.75 Å². The van der Waals surface area contributed by atoms with Crippen LogP contribution in [0.3, 0.4) is 0 Å². The van der Waals surface area contributed by atoms with Gasteiger partial charge in [-0.2, -0.15) is 5.26 Å². The molecule has 34 heavy (non-hydrogen) atoms. The molecule has 4 aromatic rings. The minimum atomic E-state index is -0.809. The van der Waals surface area contributed by atoms with E-state index in [1.165, 1.54) is 0 Å². The van der Waals surface area contributed by atoms with E-state index in [4.69, 9.17) is 31.2 Å². The van der Waals surface area contributed by atoms with Gasteiger partial charge in [0.25, 0.3) is 0 Å². The van der Waals surface area contributed by atoms with Gasteiger partial charge in [-0.05, 0) is 42.8 Å². The molecule has 1 atom stereocenters. The molecule has 5 rings (SSSR count). The molecule has 0 aliphatic carbocycles. The molecule has 0 saturated heterocycles. The molecule has 2 aromatic heterocycles. The highest BCUT2D eigenvalue weighted by Crippen LogP contribution is 2.45. The summed E-state index contributed by atoms with van der Waals surface area (Å²) in [5.41, 5.74) is 8.95. The number of nitrogens with two attached hydrogens (primary N) is 1. The van der Waals surface area contributed by atoms with Crippen LogP contribution >= 0.6 is 11.6 Å². The number of fused-ring (bicyclic) bond motifs is 3. The maximum absolute atomic E-state index is 13.1. The number of benzene rings is 2. The lowest BCUT2D eigenvalue weighted by molar-refractivity contribution is 0.388. The predicted octanol–water partition coefficient (Wildman–Crippen LogP) is 5.04. The zero-order valence-corrected chi connectivity index (χ0v) is 19.0. The van der Waals surface area contributed by atoms with Crippen molar-refractivity contribution in [3.05, 3.63) is 98.4 Å². The number of rotatable bonds is 3. The number of hydrogen-bond donors (Lipinski definition) is 1. The standard InChI is InChI=1S/C26H18ClN3O4/c1-13-9-19(27)18(12-30-13)16-10-14(7-8-20(16)32-2)22-17(11-28)25(29)34-24-15-5-3-4-6-21(15)33-26(31)23(22)24/h3-10,12,22H,29H2,1-2H3. The predicted molar refractivity (Wildman–Crippen MR) is 128 cm³/mol. The summed E-state index contributed by atoms with van der Waals surface area (Å²) < 4.78 is 16.9. The van der Waals surface area contributed by atoms with Gasteiger partial charge >= 0.3 is 5.63 Å². The lowest BCUT2D eigenvalue weighted by atomic mass is 9.82. The molecule has 168 valence electrons. The number of ether oxygens (including phenoxy) is 2. The van der Waals surface area contributed by atoms with Crippen LogP contribution in [0.1, 0.15) is 22.7 Å². The maximum atomic E-state index is 13.1. The van der Waals surface area contributed by atoms with E-state index in [2.05, 4.69) is 11.1 Å². The van der Waals surface area contributed by atoms with Crippen molar-refractivity contribution in [2.24, 2.45) is 5.73 Å². The fourth-order valence-electron chi connectivity index (χ4n) is 4.24. The third-order valence-corrected chi connectivity index (χ3v) is 6.12. The Bertz CT molecular complexity index is 1600. The largest absolute Gasteiger partial charge is 0.496 e. The summed E-state index contributed by atoms with van der Waals surface area (Å²) in [5, 5.41) is 11.0. The number of allylic oxidation sites excluding steroid dienone is 1. The quantitative estimate of drug-likeness (QED) is 0.416. The van der Waals surface area contributed by atoms with Crippen molar-refractivity contribution in [3.63, 3.8) is 0 Å². The highest BCUT2D eigenvalue weighted by molar-refractivity contribution is 6.33. The number of para-hydroxylation sites is 1. The number of aryl methyl sites for hydroxylation is 1. The molecule has 7 nitrogen and oxygen atoms in total. The monoisotopic (exact) mass is 471 g/mol. The topological polar surface area (TPSA) is 111 Å². The summed E-state index contributed by atoms with van der Waals surface area (Å²) >= 11 is 6.52. The zero-order valence-electron chi connectivity index (χ0n) is 18.3. The van der Waals surface area contributed by atoms with E-state index < -0.39 is 11.5 Å². The van der Waals surface area contributed by atoms with Gasteiger partial charge in [0.2, 0.25) is 5.88 Å². The lowest BCUT2D eigenvalue weighted by Gasteiger charge is -2.26. The Labute approximate surface area is 199 Å². The third kappa shape index (κ3) is 3.36. The lowest BCUT2D eigenvalue weighted by Crippen LogP contribution is -2.26. The van der Waals surface area contributed by atoms with Gasteiger partial charge in [-0.25, -0.2) is 4.79 Å². The summed E-state index contributed by atoms with van der Waals surface area (Å²) in [5.74, 6) is -0.0371. The summed E-state index contributed by atoms with van der Waals surface area (Å²) in [6.45, 7) is 1.85. The molecule has 1 aliphatic heterocycles. The summed E-state index contributed by atoms with van der Waals surface area (Å²) in [6.07, 6.45) is 1.66. The highest BCUT2D eigenvalue weighted by Gasteiger charge is 2.36. The molecule has 1 unspecified atom stereocenters. The minimum absolute atomic E-state index is 0.0665. The van der Waals surface area contributed by atoms with E-state index in [1.54, 1.807) is 55.8 Å². The van der Waals surface area contributed by atoms with E-state index in [0.717, 1.165) is 5.69 Å². The molecular weight excluding hydrogens is 454 g/mol. The number of hydrogen-bond acceptors (Lipinski definition) is 7. The van der Waals surface area contributed by atoms with Crippen LogP contribution < -0.4 is 20.8 Å². The van der Waals surface area contributed by atoms with E-state index in [1.807, 2.05) is 13.0 Å². The van der Waals surface area contributed by atoms with Crippen LogP contribution in [0.25, 0.3) is 22.1 Å². The first kappa shape index (κ1) is 21.6. The molecule has 0 bridgehead atoms. The van der Waals surface area contributed by atoms with Crippen LogP contribution in [-0.2, 0) is 0 Å². The van der Waals surface area contributed by atoms with Gasteiger partial charge < -0.3 is 19.6 Å². The molecule has 8 heteroatoms. The molecule has 0 radical (unpaired) electrons. The molecule has 2 N–H and O–H groups in total. The summed E-state index contributed by atoms with van der Waals surface area (Å²) in [6, 6.07) is 16.2. The van der Waals surface area contributed by atoms with E-state index >= 15 is 0 Å². The van der Waals surface area contributed by atoms with Crippen LogP contribution in [0, 0.1) is 18.3 Å². The molecule has 0 fully saturated rings. The first-order valence-corrected chi connectivity index (χ1v) is 10.7. The normalized spacial score (nSPS) is 14.9. The molecule has 1 aliphatic rings. The van der Waals surface area contributed by atoms with Gasteiger partial charge in [0.05, 0.1) is 29.0 Å². The van der Waals surface area contributed by atoms with Crippen LogP contribution in [0.5, 0.6) is 11.5 Å². The second-order valence-corrected chi connectivity index (χ2v) is 8.23. The summed E-state index contributed by atoms with van der Waals surface area (Å²) in [7, 11) is 1.55. The zero-order chi connectivity index (χ0) is 24.0. The van der Waals surface area contributed by atoms with Crippen molar-refractivity contribution in [3.8, 4) is 28.7 Å². The highest BCUT2D eigenvalue weighted by atomic mass is 35.5. The van der Waals surface area contributed by atoms with E-state index in [9.17, 15) is 10.1 Å². The van der Waals surface area contributed by atoms with Gasteiger partial charge in [0, 0.05) is 23.0 Å². The molecule has 3 heterocycles. The fourth-order valence-corrected chi connectivity index (χ4v) is 4.55. The van der Waals surface area contributed by atoms with Crippen molar-refractivity contribution < 1.29 is 13.9 Å². The van der Waals surface area contributed by atoms with Crippen molar-refractivity contribution in [2.75, 3.05) is 7.11 Å². The Morgan fingerprint density at radius 3 is 2.71 bits per heavy atom. The second-order valence-electron chi connectivity index (χ2n) is 7.82. The number of methoxy groups -OCH3 is 1. The number of nitrogens with zero attached hydrogens (tertiary/aromatic N) is 2. The smallest absolute Gasteiger partial charge is 0.344 e. The van der Waals surface area contributed by atoms with Gasteiger partial charge in [-0.1, -0.05) is 29.8 Å². The van der Waals surface area contributed by atoms with E-state index in [0.29, 0.717) is 38.4 Å². The summed E-state index contributed by atoms with van der Waals surface area (Å²) in [4.78, 5) is 17.5. The second kappa shape index (κ2) is 8.25. The third-order valence-electron chi connectivity index (χ3n) is 5.81. The first-order chi connectivity index (χ1) is 16.4. The van der Waals surface area contributed by atoms with Crippen molar-refractivity contribution in [1.29, 1.82) is 5.26 Å². The average Bonchev–Trinajstić information content (AvgIpc) is 2.83. The Morgan fingerprint density at radius 2 is 1.97 bits per heavy atom. The number of halogens is 1. The maximum Gasteiger partial charge on any atom is 0.344 e. The Kier molecular flexibility index (Phi) is 5.23.